The Bertz CT molecular complexity index is 416. The second-order valence-electron chi connectivity index (χ2n) is 5.10. The minimum Gasteiger partial charge on any atom is -0.508 e. The number of carbonyl (C=O) groups is 1. The Labute approximate surface area is 108 Å². The van der Waals surface area contributed by atoms with Crippen LogP contribution in [-0.2, 0) is 11.3 Å². The van der Waals surface area contributed by atoms with Gasteiger partial charge in [-0.25, -0.2) is 0 Å². The summed E-state index contributed by atoms with van der Waals surface area (Å²) in [4.78, 5) is 14.0. The number of rotatable bonds is 3. The molecule has 2 unspecified atom stereocenters. The minimum absolute atomic E-state index is 0.0899. The highest BCUT2D eigenvalue weighted by atomic mass is 16.3. The van der Waals surface area contributed by atoms with Gasteiger partial charge in [0.2, 0.25) is 5.91 Å². The molecule has 18 heavy (non-hydrogen) atoms. The molecule has 1 saturated heterocycles. The van der Waals surface area contributed by atoms with E-state index in [2.05, 4.69) is 12.2 Å². The van der Waals surface area contributed by atoms with Crippen LogP contribution in [-0.4, -0.2) is 36.1 Å². The summed E-state index contributed by atoms with van der Waals surface area (Å²) in [5.74, 6) is 0.939. The highest BCUT2D eigenvalue weighted by molar-refractivity contribution is 5.79. The molecule has 1 aromatic rings. The van der Waals surface area contributed by atoms with E-state index in [9.17, 15) is 9.90 Å². The first-order chi connectivity index (χ1) is 8.58. The van der Waals surface area contributed by atoms with Crippen molar-refractivity contribution < 1.29 is 9.90 Å². The minimum atomic E-state index is 0.0899. The molecule has 1 aliphatic rings. The van der Waals surface area contributed by atoms with Gasteiger partial charge in [0.25, 0.3) is 0 Å². The second kappa shape index (κ2) is 5.40. The maximum Gasteiger partial charge on any atom is 0.227 e. The Kier molecular flexibility index (Phi) is 3.87. The summed E-state index contributed by atoms with van der Waals surface area (Å²) < 4.78 is 0. The van der Waals surface area contributed by atoms with E-state index in [1.807, 2.05) is 19.2 Å². The molecule has 0 radical (unpaired) electrons. The first-order valence-corrected chi connectivity index (χ1v) is 6.31. The maximum absolute atomic E-state index is 12.3. The lowest BCUT2D eigenvalue weighted by atomic mass is 9.96. The normalized spacial score (nSPS) is 23.0. The second-order valence-corrected chi connectivity index (χ2v) is 5.10. The molecule has 1 aromatic carbocycles. The third-order valence-corrected chi connectivity index (χ3v) is 3.57. The highest BCUT2D eigenvalue weighted by Gasteiger charge is 2.31. The van der Waals surface area contributed by atoms with Crippen LogP contribution in [0.4, 0.5) is 0 Å². The number of hydrogen-bond donors (Lipinski definition) is 2. The number of nitrogens with one attached hydrogen (secondary N) is 1. The van der Waals surface area contributed by atoms with Crippen molar-refractivity contribution in [2.75, 3.05) is 20.1 Å². The summed E-state index contributed by atoms with van der Waals surface area (Å²) in [5, 5.41) is 12.5. The molecule has 2 rings (SSSR count). The number of phenols is 1. The Morgan fingerprint density at radius 2 is 2.06 bits per heavy atom. The van der Waals surface area contributed by atoms with Gasteiger partial charge in [0.15, 0.2) is 0 Å². The molecule has 0 aromatic heterocycles. The summed E-state index contributed by atoms with van der Waals surface area (Å²) in [6.07, 6.45) is 0. The Morgan fingerprint density at radius 3 is 2.61 bits per heavy atom. The molecule has 1 aliphatic heterocycles. The fourth-order valence-electron chi connectivity index (χ4n) is 2.38. The molecule has 1 fully saturated rings. The Hall–Kier alpha value is -1.55. The van der Waals surface area contributed by atoms with Crippen molar-refractivity contribution in [2.45, 2.75) is 13.5 Å². The van der Waals surface area contributed by atoms with Gasteiger partial charge in [-0.2, -0.15) is 0 Å². The average molecular weight is 248 g/mol. The van der Waals surface area contributed by atoms with Crippen molar-refractivity contribution in [1.29, 1.82) is 0 Å². The molecule has 1 amide bonds. The molecule has 2 N–H and O–H groups in total. The Balaban J connectivity index is 1.97. The number of amides is 1. The van der Waals surface area contributed by atoms with Gasteiger partial charge < -0.3 is 15.3 Å². The van der Waals surface area contributed by atoms with E-state index in [0.29, 0.717) is 12.5 Å². The first kappa shape index (κ1) is 12.9. The zero-order valence-corrected chi connectivity index (χ0v) is 10.9. The molecule has 0 aliphatic carbocycles. The zero-order valence-electron chi connectivity index (χ0n) is 10.9. The number of phenolic OH excluding ortho intramolecular Hbond substituents is 1. The summed E-state index contributed by atoms with van der Waals surface area (Å²) >= 11 is 0. The van der Waals surface area contributed by atoms with Crippen molar-refractivity contribution in [2.24, 2.45) is 11.8 Å². The summed E-state index contributed by atoms with van der Waals surface area (Å²) in [6.45, 7) is 4.39. The van der Waals surface area contributed by atoms with Crippen LogP contribution in [0.15, 0.2) is 24.3 Å². The van der Waals surface area contributed by atoms with Gasteiger partial charge in [0.1, 0.15) is 5.75 Å². The van der Waals surface area contributed by atoms with Crippen LogP contribution in [0.1, 0.15) is 12.5 Å². The highest BCUT2D eigenvalue weighted by Crippen LogP contribution is 2.19. The Morgan fingerprint density at radius 1 is 1.39 bits per heavy atom. The topological polar surface area (TPSA) is 52.6 Å². The van der Waals surface area contributed by atoms with Crippen molar-refractivity contribution in [3.8, 4) is 5.75 Å². The van der Waals surface area contributed by atoms with Crippen molar-refractivity contribution in [3.63, 3.8) is 0 Å². The molecule has 2 atom stereocenters. The lowest BCUT2D eigenvalue weighted by Gasteiger charge is -2.23. The van der Waals surface area contributed by atoms with E-state index in [1.54, 1.807) is 17.0 Å². The van der Waals surface area contributed by atoms with Gasteiger partial charge in [-0.15, -0.1) is 0 Å². The van der Waals surface area contributed by atoms with E-state index < -0.39 is 0 Å². The predicted octanol–water partition coefficient (Wildman–Crippen LogP) is 1.21. The number of nitrogens with zero attached hydrogens (tertiary/aromatic N) is 1. The van der Waals surface area contributed by atoms with Gasteiger partial charge in [0.05, 0.1) is 5.92 Å². The smallest absolute Gasteiger partial charge is 0.227 e. The monoisotopic (exact) mass is 248 g/mol. The van der Waals surface area contributed by atoms with Gasteiger partial charge in [0, 0.05) is 20.1 Å². The van der Waals surface area contributed by atoms with E-state index in [-0.39, 0.29) is 17.6 Å². The largest absolute Gasteiger partial charge is 0.508 e. The summed E-state index contributed by atoms with van der Waals surface area (Å²) in [7, 11) is 1.83. The van der Waals surface area contributed by atoms with Crippen LogP contribution >= 0.6 is 0 Å². The van der Waals surface area contributed by atoms with Crippen molar-refractivity contribution >= 4 is 5.91 Å². The van der Waals surface area contributed by atoms with Gasteiger partial charge in [-0.1, -0.05) is 19.1 Å². The average Bonchev–Trinajstić information content (AvgIpc) is 2.77. The number of aromatic hydroxyl groups is 1. The van der Waals surface area contributed by atoms with Crippen LogP contribution in [0, 0.1) is 11.8 Å². The zero-order chi connectivity index (χ0) is 13.1. The van der Waals surface area contributed by atoms with Crippen molar-refractivity contribution in [1.82, 2.24) is 10.2 Å². The van der Waals surface area contributed by atoms with E-state index in [4.69, 9.17) is 0 Å². The summed E-state index contributed by atoms with van der Waals surface area (Å²) in [6, 6.07) is 6.98. The molecule has 0 bridgehead atoms. The predicted molar refractivity (Wildman–Crippen MR) is 70.1 cm³/mol. The van der Waals surface area contributed by atoms with Crippen LogP contribution in [0.2, 0.25) is 0 Å². The molecule has 0 spiro atoms. The van der Waals surface area contributed by atoms with E-state index >= 15 is 0 Å². The molecule has 4 nitrogen and oxygen atoms in total. The van der Waals surface area contributed by atoms with E-state index in [1.165, 1.54) is 0 Å². The lowest BCUT2D eigenvalue weighted by Crippen LogP contribution is -2.35. The molecule has 4 heteroatoms. The number of hydrogen-bond acceptors (Lipinski definition) is 3. The van der Waals surface area contributed by atoms with Crippen LogP contribution in [0.5, 0.6) is 5.75 Å². The fraction of sp³-hybridized carbons (Fsp3) is 0.500. The van der Waals surface area contributed by atoms with Gasteiger partial charge >= 0.3 is 0 Å². The molecule has 98 valence electrons. The molecular formula is C14H20N2O2. The third kappa shape index (κ3) is 2.82. The molecule has 1 heterocycles. The third-order valence-electron chi connectivity index (χ3n) is 3.57. The van der Waals surface area contributed by atoms with Crippen LogP contribution in [0.25, 0.3) is 0 Å². The standard InChI is InChI=1S/C14H20N2O2/c1-10-7-15-8-13(10)14(18)16(2)9-11-3-5-12(17)6-4-11/h3-6,10,13,15,17H,7-9H2,1-2H3. The molecular weight excluding hydrogens is 228 g/mol. The van der Waals surface area contributed by atoms with Gasteiger partial charge in [-0.3, -0.25) is 4.79 Å². The summed E-state index contributed by atoms with van der Waals surface area (Å²) in [5.41, 5.74) is 1.03. The molecule has 0 saturated carbocycles. The lowest BCUT2D eigenvalue weighted by molar-refractivity contribution is -0.135. The van der Waals surface area contributed by atoms with Gasteiger partial charge in [-0.05, 0) is 30.2 Å². The number of carbonyl (C=O) groups excluding carboxylic acids is 1. The SMILES string of the molecule is CC1CNCC1C(=O)N(C)Cc1ccc(O)cc1. The maximum atomic E-state index is 12.3. The van der Waals surface area contributed by atoms with Crippen LogP contribution < -0.4 is 5.32 Å². The fourth-order valence-corrected chi connectivity index (χ4v) is 2.38. The van der Waals surface area contributed by atoms with Crippen LogP contribution in [0.3, 0.4) is 0 Å². The van der Waals surface area contributed by atoms with Crippen molar-refractivity contribution in [3.05, 3.63) is 29.8 Å². The first-order valence-electron chi connectivity index (χ1n) is 6.31. The number of benzene rings is 1. The van der Waals surface area contributed by atoms with E-state index in [0.717, 1.165) is 18.7 Å². The quantitative estimate of drug-likeness (QED) is 0.845.